The first-order valence-corrected chi connectivity index (χ1v) is 7.47. The minimum Gasteiger partial charge on any atom is -0.484 e. The number of aromatic nitrogens is 3. The molecule has 0 bridgehead atoms. The maximum atomic E-state index is 11.9. The predicted octanol–water partition coefficient (Wildman–Crippen LogP) is 2.63. The molecule has 8 heteroatoms. The maximum absolute atomic E-state index is 11.9. The minimum atomic E-state index is -0.300. The molecule has 7 nitrogen and oxygen atoms in total. The molecule has 1 aromatic carbocycles. The van der Waals surface area contributed by atoms with Gasteiger partial charge >= 0.3 is 0 Å². The summed E-state index contributed by atoms with van der Waals surface area (Å²) < 4.78 is 10.6. The predicted molar refractivity (Wildman–Crippen MR) is 85.5 cm³/mol. The molecule has 0 saturated carbocycles. The molecule has 2 aromatic heterocycles. The summed E-state index contributed by atoms with van der Waals surface area (Å²) in [6.07, 6.45) is 1.40. The van der Waals surface area contributed by atoms with E-state index < -0.39 is 0 Å². The van der Waals surface area contributed by atoms with Crippen LogP contribution in [-0.4, -0.2) is 21.0 Å². The molecule has 1 amide bonds. The highest BCUT2D eigenvalue weighted by molar-refractivity contribution is 6.29. The van der Waals surface area contributed by atoms with Crippen LogP contribution in [0.4, 0.5) is 0 Å². The van der Waals surface area contributed by atoms with E-state index >= 15 is 0 Å². The van der Waals surface area contributed by atoms with Gasteiger partial charge in [-0.15, -0.1) is 0 Å². The molecule has 122 valence electrons. The van der Waals surface area contributed by atoms with E-state index in [0.717, 1.165) is 0 Å². The minimum absolute atomic E-state index is 0.135. The fraction of sp³-hybridized carbons (Fsp3) is 0.125. The molecule has 0 aliphatic heterocycles. The quantitative estimate of drug-likeness (QED) is 0.691. The number of nitrogens with zero attached hydrogens (tertiary/aromatic N) is 3. The number of hydrogen-bond donors (Lipinski definition) is 1. The van der Waals surface area contributed by atoms with Gasteiger partial charge in [0.1, 0.15) is 10.9 Å². The van der Waals surface area contributed by atoms with Gasteiger partial charge in [-0.25, -0.2) is 4.98 Å². The van der Waals surface area contributed by atoms with Gasteiger partial charge < -0.3 is 14.6 Å². The van der Waals surface area contributed by atoms with Crippen LogP contribution in [0.25, 0.3) is 0 Å². The number of hydrogen-bond acceptors (Lipinski definition) is 6. The highest BCUT2D eigenvalue weighted by atomic mass is 35.5. The molecule has 0 fully saturated rings. The molecular weight excluding hydrogens is 332 g/mol. The summed E-state index contributed by atoms with van der Waals surface area (Å²) >= 11 is 5.68. The number of ether oxygens (including phenoxy) is 1. The Labute approximate surface area is 142 Å². The molecule has 0 saturated heterocycles. The van der Waals surface area contributed by atoms with Gasteiger partial charge in [-0.1, -0.05) is 35.0 Å². The van der Waals surface area contributed by atoms with E-state index in [0.29, 0.717) is 28.2 Å². The number of amides is 1. The lowest BCUT2D eigenvalue weighted by Crippen LogP contribution is -2.23. The van der Waals surface area contributed by atoms with Gasteiger partial charge in [0.25, 0.3) is 11.8 Å². The molecule has 0 atom stereocenters. The van der Waals surface area contributed by atoms with Gasteiger partial charge in [0.05, 0.1) is 12.1 Å². The second-order valence-electron chi connectivity index (χ2n) is 4.76. The van der Waals surface area contributed by atoms with Gasteiger partial charge in [-0.3, -0.25) is 4.79 Å². The van der Waals surface area contributed by atoms with Crippen molar-refractivity contribution in [3.63, 3.8) is 0 Å². The molecule has 3 aromatic rings. The van der Waals surface area contributed by atoms with E-state index in [2.05, 4.69) is 20.4 Å². The largest absolute Gasteiger partial charge is 0.484 e. The van der Waals surface area contributed by atoms with Gasteiger partial charge in [-0.05, 0) is 24.3 Å². The average Bonchev–Trinajstić information content (AvgIpc) is 3.07. The van der Waals surface area contributed by atoms with Gasteiger partial charge in [0.15, 0.2) is 12.4 Å². The van der Waals surface area contributed by atoms with Crippen LogP contribution in [0, 0.1) is 0 Å². The Hall–Kier alpha value is -2.93. The van der Waals surface area contributed by atoms with Crippen molar-refractivity contribution in [2.75, 3.05) is 0 Å². The number of pyridine rings is 1. The number of carbonyl (C=O) groups is 1. The fourth-order valence-electron chi connectivity index (χ4n) is 1.85. The number of carbonyl (C=O) groups excluding carboxylic acids is 1. The third-order valence-corrected chi connectivity index (χ3v) is 3.24. The summed E-state index contributed by atoms with van der Waals surface area (Å²) in [6, 6.07) is 12.4. The standard InChI is InChI=1S/C16H13ClN4O3/c17-13-7-6-11(8-18-13)16(22)19-9-14-20-15(24-21-14)10-23-12-4-2-1-3-5-12/h1-8H,9-10H2,(H,19,22). The Kier molecular flexibility index (Phi) is 5.02. The van der Waals surface area contributed by atoms with Crippen molar-refractivity contribution in [1.82, 2.24) is 20.4 Å². The molecule has 0 spiro atoms. The zero-order valence-electron chi connectivity index (χ0n) is 12.5. The number of halogens is 1. The molecule has 0 radical (unpaired) electrons. The van der Waals surface area contributed by atoms with Crippen LogP contribution in [0.1, 0.15) is 22.1 Å². The van der Waals surface area contributed by atoms with Crippen LogP contribution in [0.2, 0.25) is 5.15 Å². The molecule has 0 aliphatic rings. The van der Waals surface area contributed by atoms with Crippen molar-refractivity contribution in [2.45, 2.75) is 13.2 Å². The van der Waals surface area contributed by atoms with Crippen molar-refractivity contribution in [2.24, 2.45) is 0 Å². The number of para-hydroxylation sites is 1. The van der Waals surface area contributed by atoms with Crippen LogP contribution < -0.4 is 10.1 Å². The second-order valence-corrected chi connectivity index (χ2v) is 5.15. The first-order chi connectivity index (χ1) is 11.7. The van der Waals surface area contributed by atoms with Crippen LogP contribution in [-0.2, 0) is 13.2 Å². The SMILES string of the molecule is O=C(NCc1noc(COc2ccccc2)n1)c1ccc(Cl)nc1. The van der Waals surface area contributed by atoms with E-state index in [9.17, 15) is 4.79 Å². The Bertz CT molecular complexity index is 806. The highest BCUT2D eigenvalue weighted by Crippen LogP contribution is 2.11. The highest BCUT2D eigenvalue weighted by Gasteiger charge is 2.10. The Morgan fingerprint density at radius 3 is 2.79 bits per heavy atom. The lowest BCUT2D eigenvalue weighted by atomic mass is 10.3. The monoisotopic (exact) mass is 344 g/mol. The summed E-state index contributed by atoms with van der Waals surface area (Å²) in [5.74, 6) is 1.10. The Morgan fingerprint density at radius 2 is 2.04 bits per heavy atom. The zero-order valence-corrected chi connectivity index (χ0v) is 13.2. The third kappa shape index (κ3) is 4.30. The van der Waals surface area contributed by atoms with Crippen LogP contribution in [0.5, 0.6) is 5.75 Å². The van der Waals surface area contributed by atoms with Crippen LogP contribution in [0.3, 0.4) is 0 Å². The molecular formula is C16H13ClN4O3. The summed E-state index contributed by atoms with van der Waals surface area (Å²) in [7, 11) is 0. The van der Waals surface area contributed by atoms with Crippen molar-refractivity contribution in [1.29, 1.82) is 0 Å². The molecule has 1 N–H and O–H groups in total. The Balaban J connectivity index is 1.50. The first kappa shape index (κ1) is 15.9. The Morgan fingerprint density at radius 1 is 1.21 bits per heavy atom. The van der Waals surface area contributed by atoms with E-state index in [1.807, 2.05) is 30.3 Å². The first-order valence-electron chi connectivity index (χ1n) is 7.10. The number of benzene rings is 1. The van der Waals surface area contributed by atoms with E-state index in [-0.39, 0.29) is 19.1 Å². The number of rotatable bonds is 6. The summed E-state index contributed by atoms with van der Waals surface area (Å²) in [6.45, 7) is 0.294. The van der Waals surface area contributed by atoms with E-state index in [4.69, 9.17) is 20.9 Å². The molecule has 2 heterocycles. The maximum Gasteiger partial charge on any atom is 0.264 e. The zero-order chi connectivity index (χ0) is 16.8. The summed E-state index contributed by atoms with van der Waals surface area (Å²) in [5.41, 5.74) is 0.399. The summed E-state index contributed by atoms with van der Waals surface area (Å²) in [5, 5.41) is 6.79. The lowest BCUT2D eigenvalue weighted by molar-refractivity contribution is 0.0949. The number of nitrogens with one attached hydrogen (secondary N) is 1. The van der Waals surface area contributed by atoms with Gasteiger partial charge in [-0.2, -0.15) is 4.98 Å². The molecule has 24 heavy (non-hydrogen) atoms. The van der Waals surface area contributed by atoms with Crippen molar-refractivity contribution in [3.05, 3.63) is 71.1 Å². The summed E-state index contributed by atoms with van der Waals surface area (Å²) in [4.78, 5) is 19.9. The third-order valence-electron chi connectivity index (χ3n) is 3.01. The molecule has 0 aliphatic carbocycles. The normalized spacial score (nSPS) is 10.4. The van der Waals surface area contributed by atoms with E-state index in [1.165, 1.54) is 6.20 Å². The van der Waals surface area contributed by atoms with Crippen molar-refractivity contribution in [3.8, 4) is 5.75 Å². The van der Waals surface area contributed by atoms with Crippen LogP contribution in [0.15, 0.2) is 53.2 Å². The van der Waals surface area contributed by atoms with Crippen LogP contribution >= 0.6 is 11.6 Å². The molecule has 0 unspecified atom stereocenters. The van der Waals surface area contributed by atoms with E-state index in [1.54, 1.807) is 12.1 Å². The van der Waals surface area contributed by atoms with Gasteiger partial charge in [0.2, 0.25) is 0 Å². The smallest absolute Gasteiger partial charge is 0.264 e. The lowest BCUT2D eigenvalue weighted by Gasteiger charge is -2.02. The molecule has 3 rings (SSSR count). The topological polar surface area (TPSA) is 90.1 Å². The van der Waals surface area contributed by atoms with Crippen molar-refractivity contribution < 1.29 is 14.1 Å². The second kappa shape index (κ2) is 7.56. The van der Waals surface area contributed by atoms with Crippen molar-refractivity contribution >= 4 is 17.5 Å². The average molecular weight is 345 g/mol. The van der Waals surface area contributed by atoms with Gasteiger partial charge in [0, 0.05) is 6.20 Å². The fourth-order valence-corrected chi connectivity index (χ4v) is 1.97.